The van der Waals surface area contributed by atoms with Gasteiger partial charge >= 0.3 is 0 Å². The highest BCUT2D eigenvalue weighted by Gasteiger charge is 2.31. The molecule has 1 N–H and O–H groups in total. The molecule has 1 heterocycles. The molecule has 0 saturated carbocycles. The van der Waals surface area contributed by atoms with E-state index in [0.29, 0.717) is 13.0 Å². The third-order valence-electron chi connectivity index (χ3n) is 4.68. The molecule has 1 aliphatic rings. The molecule has 7 heteroatoms. The molecule has 0 bridgehead atoms. The van der Waals surface area contributed by atoms with Gasteiger partial charge in [-0.05, 0) is 37.8 Å². The summed E-state index contributed by atoms with van der Waals surface area (Å²) >= 11 is 0. The lowest BCUT2D eigenvalue weighted by molar-refractivity contribution is -0.112. The van der Waals surface area contributed by atoms with E-state index in [1.54, 1.807) is 4.90 Å². The highest BCUT2D eigenvalue weighted by Crippen LogP contribution is 2.22. The van der Waals surface area contributed by atoms with Crippen molar-refractivity contribution in [2.24, 2.45) is 0 Å². The molecule has 26 heavy (non-hydrogen) atoms. The molecule has 0 spiro atoms. The maximum Gasteiger partial charge on any atom is 0.267 e. The van der Waals surface area contributed by atoms with Gasteiger partial charge in [-0.3, -0.25) is 4.79 Å². The summed E-state index contributed by atoms with van der Waals surface area (Å²) in [5.41, 5.74) is 2.64. The minimum atomic E-state index is -3.03. The van der Waals surface area contributed by atoms with Gasteiger partial charge in [-0.25, -0.2) is 8.42 Å². The van der Waals surface area contributed by atoms with Gasteiger partial charge in [0.15, 0.2) is 9.84 Å². The van der Waals surface area contributed by atoms with Gasteiger partial charge in [-0.1, -0.05) is 25.1 Å². The number of hydrogen-bond acceptors (Lipinski definition) is 5. The zero-order valence-electron chi connectivity index (χ0n) is 15.4. The Bertz CT molecular complexity index is 853. The first kappa shape index (κ1) is 20.0. The molecule has 6 nitrogen and oxygen atoms in total. The van der Waals surface area contributed by atoms with Gasteiger partial charge in [0.1, 0.15) is 11.6 Å². The predicted molar refractivity (Wildman–Crippen MR) is 102 cm³/mol. The van der Waals surface area contributed by atoms with E-state index in [0.717, 1.165) is 23.2 Å². The van der Waals surface area contributed by atoms with Gasteiger partial charge < -0.3 is 10.2 Å². The molecule has 1 aromatic carbocycles. The third kappa shape index (κ3) is 4.64. The number of nitriles is 1. The number of nitrogens with one attached hydrogen (secondary N) is 1. The van der Waals surface area contributed by atoms with Crippen molar-refractivity contribution >= 4 is 21.4 Å². The van der Waals surface area contributed by atoms with Crippen LogP contribution in [0.1, 0.15) is 31.4 Å². The third-order valence-corrected chi connectivity index (χ3v) is 6.43. The number of para-hydroxylation sites is 1. The number of rotatable bonds is 6. The molecular weight excluding hydrogens is 350 g/mol. The van der Waals surface area contributed by atoms with Gasteiger partial charge in [0.25, 0.3) is 5.91 Å². The van der Waals surface area contributed by atoms with Gasteiger partial charge in [0, 0.05) is 24.5 Å². The van der Waals surface area contributed by atoms with E-state index in [9.17, 15) is 18.5 Å². The van der Waals surface area contributed by atoms with E-state index in [1.165, 1.54) is 6.20 Å². The summed E-state index contributed by atoms with van der Waals surface area (Å²) in [5, 5.41) is 12.3. The molecule has 1 aliphatic heterocycles. The van der Waals surface area contributed by atoms with Crippen molar-refractivity contribution in [1.82, 2.24) is 4.90 Å². The van der Waals surface area contributed by atoms with E-state index >= 15 is 0 Å². The van der Waals surface area contributed by atoms with Gasteiger partial charge in [0.05, 0.1) is 11.5 Å². The van der Waals surface area contributed by atoms with E-state index in [-0.39, 0.29) is 23.1 Å². The Morgan fingerprint density at radius 3 is 2.69 bits per heavy atom. The van der Waals surface area contributed by atoms with Crippen LogP contribution in [0.4, 0.5) is 5.69 Å². The Morgan fingerprint density at radius 2 is 2.15 bits per heavy atom. The van der Waals surface area contributed by atoms with E-state index in [1.807, 2.05) is 45.0 Å². The molecule has 2 rings (SSSR count). The number of anilines is 1. The van der Waals surface area contributed by atoms with Gasteiger partial charge in [-0.2, -0.15) is 5.26 Å². The lowest BCUT2D eigenvalue weighted by Crippen LogP contribution is -2.32. The van der Waals surface area contributed by atoms with Crippen molar-refractivity contribution < 1.29 is 13.2 Å². The number of sulfone groups is 1. The fourth-order valence-electron chi connectivity index (χ4n) is 3.18. The minimum absolute atomic E-state index is 0.0264. The van der Waals surface area contributed by atoms with Crippen LogP contribution >= 0.6 is 0 Å². The second-order valence-electron chi connectivity index (χ2n) is 6.46. The second-order valence-corrected chi connectivity index (χ2v) is 8.69. The van der Waals surface area contributed by atoms with Crippen LogP contribution in [0.3, 0.4) is 0 Å². The van der Waals surface area contributed by atoms with E-state index in [4.69, 9.17) is 0 Å². The summed E-state index contributed by atoms with van der Waals surface area (Å²) in [4.78, 5) is 14.4. The highest BCUT2D eigenvalue weighted by atomic mass is 32.2. The number of carbonyl (C=O) groups is 1. The maximum absolute atomic E-state index is 12.6. The maximum atomic E-state index is 12.6. The molecule has 0 aromatic heterocycles. The number of amides is 1. The smallest absolute Gasteiger partial charge is 0.267 e. The van der Waals surface area contributed by atoms with Crippen LogP contribution in [0.5, 0.6) is 0 Å². The van der Waals surface area contributed by atoms with E-state index in [2.05, 4.69) is 5.32 Å². The van der Waals surface area contributed by atoms with Crippen LogP contribution in [0.2, 0.25) is 0 Å². The number of hydrogen-bond donors (Lipinski definition) is 1. The topological polar surface area (TPSA) is 90.3 Å². The Labute approximate surface area is 155 Å². The number of aryl methyl sites for hydroxylation is 2. The molecule has 0 aliphatic carbocycles. The summed E-state index contributed by atoms with van der Waals surface area (Å²) in [7, 11) is -3.03. The van der Waals surface area contributed by atoms with Crippen molar-refractivity contribution in [1.29, 1.82) is 5.26 Å². The summed E-state index contributed by atoms with van der Waals surface area (Å²) < 4.78 is 23.4. The Kier molecular flexibility index (Phi) is 6.43. The highest BCUT2D eigenvalue weighted by molar-refractivity contribution is 7.91. The molecule has 1 fully saturated rings. The van der Waals surface area contributed by atoms with Crippen LogP contribution in [-0.2, 0) is 21.1 Å². The first-order valence-corrected chi connectivity index (χ1v) is 10.6. The molecular formula is C19H25N3O3S. The van der Waals surface area contributed by atoms with Gasteiger partial charge in [0.2, 0.25) is 0 Å². The van der Waals surface area contributed by atoms with Crippen LogP contribution in [0, 0.1) is 18.3 Å². The van der Waals surface area contributed by atoms with Crippen LogP contribution in [0.15, 0.2) is 30.0 Å². The van der Waals surface area contributed by atoms with Crippen molar-refractivity contribution in [3.8, 4) is 6.07 Å². The van der Waals surface area contributed by atoms with Crippen molar-refractivity contribution in [3.05, 3.63) is 41.1 Å². The molecule has 1 aromatic rings. The Hall–Kier alpha value is -2.33. The van der Waals surface area contributed by atoms with Crippen molar-refractivity contribution in [2.45, 2.75) is 39.7 Å². The lowest BCUT2D eigenvalue weighted by Gasteiger charge is -2.25. The number of nitrogens with zero attached hydrogens (tertiary/aromatic N) is 2. The van der Waals surface area contributed by atoms with Crippen LogP contribution in [-0.4, -0.2) is 43.3 Å². The largest absolute Gasteiger partial charge is 0.372 e. The quantitative estimate of drug-likeness (QED) is 0.609. The number of carbonyl (C=O) groups excluding carboxylic acids is 1. The summed E-state index contributed by atoms with van der Waals surface area (Å²) in [6.07, 6.45) is 2.78. The van der Waals surface area contributed by atoms with Crippen LogP contribution < -0.4 is 5.32 Å². The van der Waals surface area contributed by atoms with Crippen LogP contribution in [0.25, 0.3) is 0 Å². The SMILES string of the molecule is CCc1cccc(C)c1NC(=O)/C(C#N)=C\N(CC)C1CCS(=O)(=O)C1. The number of benzene rings is 1. The normalized spacial score (nSPS) is 19.0. The van der Waals surface area contributed by atoms with Crippen molar-refractivity contribution in [3.63, 3.8) is 0 Å². The van der Waals surface area contributed by atoms with E-state index < -0.39 is 15.7 Å². The van der Waals surface area contributed by atoms with Crippen molar-refractivity contribution in [2.75, 3.05) is 23.4 Å². The van der Waals surface area contributed by atoms with Gasteiger partial charge in [-0.15, -0.1) is 0 Å². The minimum Gasteiger partial charge on any atom is -0.372 e. The molecule has 1 unspecified atom stereocenters. The predicted octanol–water partition coefficient (Wildman–Crippen LogP) is 2.41. The summed E-state index contributed by atoms with van der Waals surface area (Å²) in [5.74, 6) is -0.259. The Morgan fingerprint density at radius 1 is 1.42 bits per heavy atom. The molecule has 0 radical (unpaired) electrons. The zero-order valence-corrected chi connectivity index (χ0v) is 16.3. The standard InChI is InChI=1S/C19H25N3O3S/c1-4-15-8-6-7-14(3)18(15)21-19(23)16(11-20)12-22(5-2)17-9-10-26(24,25)13-17/h6-8,12,17H,4-5,9-10,13H2,1-3H3,(H,21,23)/b16-12-. The fourth-order valence-corrected chi connectivity index (χ4v) is 4.92. The second kappa shape index (κ2) is 8.37. The summed E-state index contributed by atoms with van der Waals surface area (Å²) in [6, 6.07) is 7.55. The summed E-state index contributed by atoms with van der Waals surface area (Å²) in [6.45, 7) is 6.32. The zero-order chi connectivity index (χ0) is 19.3. The Balaban J connectivity index is 2.23. The molecule has 140 valence electrons. The average molecular weight is 375 g/mol. The molecule has 1 atom stereocenters. The molecule has 1 saturated heterocycles. The average Bonchev–Trinajstić information content (AvgIpc) is 2.97. The lowest BCUT2D eigenvalue weighted by atomic mass is 10.1. The molecule has 1 amide bonds. The first-order valence-electron chi connectivity index (χ1n) is 8.79. The fraction of sp³-hybridized carbons (Fsp3) is 0.474. The monoisotopic (exact) mass is 375 g/mol. The first-order chi connectivity index (χ1) is 12.3.